The predicted octanol–water partition coefficient (Wildman–Crippen LogP) is 2.90. The fourth-order valence-electron chi connectivity index (χ4n) is 4.87. The van der Waals surface area contributed by atoms with Crippen LogP contribution in [-0.2, 0) is 22.3 Å². The number of hydrogen-bond acceptors (Lipinski definition) is 5. The summed E-state index contributed by atoms with van der Waals surface area (Å²) >= 11 is 0. The summed E-state index contributed by atoms with van der Waals surface area (Å²) in [5, 5.41) is 11.3. The number of nitriles is 1. The molecule has 1 N–H and O–H groups in total. The first kappa shape index (κ1) is 27.6. The highest BCUT2D eigenvalue weighted by Gasteiger charge is 2.57. The van der Waals surface area contributed by atoms with Crippen LogP contribution in [0, 0.1) is 17.1 Å². The van der Waals surface area contributed by atoms with Crippen LogP contribution >= 0.6 is 0 Å². The molecule has 5 amide bonds. The van der Waals surface area contributed by atoms with Gasteiger partial charge in [0.25, 0.3) is 11.8 Å². The summed E-state index contributed by atoms with van der Waals surface area (Å²) in [7, 11) is 1.37. The van der Waals surface area contributed by atoms with Gasteiger partial charge in [-0.3, -0.25) is 19.3 Å². The molecule has 2 aromatic rings. The van der Waals surface area contributed by atoms with Crippen LogP contribution in [0.5, 0.6) is 0 Å². The maximum absolute atomic E-state index is 14.0. The third kappa shape index (κ3) is 5.27. The quantitative estimate of drug-likeness (QED) is 0.459. The Balaban J connectivity index is 1.41. The molecule has 2 fully saturated rings. The lowest BCUT2D eigenvalue weighted by molar-refractivity contribution is -0.140. The number of rotatable bonds is 5. The van der Waals surface area contributed by atoms with Gasteiger partial charge in [0.05, 0.1) is 29.3 Å². The molecule has 2 aliphatic heterocycles. The predicted molar refractivity (Wildman–Crippen MR) is 127 cm³/mol. The molecule has 39 heavy (non-hydrogen) atoms. The van der Waals surface area contributed by atoms with Crippen LogP contribution in [0.4, 0.5) is 22.4 Å². The second-order valence-electron chi connectivity index (χ2n) is 9.33. The van der Waals surface area contributed by atoms with E-state index in [0.717, 1.165) is 4.90 Å². The first-order valence-electron chi connectivity index (χ1n) is 11.9. The van der Waals surface area contributed by atoms with E-state index in [1.807, 2.05) is 6.07 Å². The minimum Gasteiger partial charge on any atom is -0.343 e. The molecule has 0 radical (unpaired) electrons. The van der Waals surface area contributed by atoms with E-state index in [9.17, 15) is 36.7 Å². The molecule has 0 saturated carbocycles. The minimum atomic E-state index is -4.78. The molecular formula is C26H23F4N5O4. The molecule has 4 rings (SSSR count). The maximum atomic E-state index is 14.0. The number of carbonyl (C=O) groups excluding carboxylic acids is 4. The fraction of sp³-hybridized carbons (Fsp3) is 0.346. The van der Waals surface area contributed by atoms with E-state index in [1.54, 1.807) is 24.3 Å². The second-order valence-corrected chi connectivity index (χ2v) is 9.33. The summed E-state index contributed by atoms with van der Waals surface area (Å²) in [6, 6.07) is 9.59. The summed E-state index contributed by atoms with van der Waals surface area (Å²) in [4.78, 5) is 54.9. The molecule has 2 heterocycles. The summed E-state index contributed by atoms with van der Waals surface area (Å²) in [5.41, 5.74) is -2.18. The number of likely N-dealkylation sites (tertiary alicyclic amines) is 1. The maximum Gasteiger partial charge on any atom is 0.416 e. The van der Waals surface area contributed by atoms with Crippen LogP contribution in [0.2, 0.25) is 0 Å². The Kier molecular flexibility index (Phi) is 7.32. The van der Waals surface area contributed by atoms with Gasteiger partial charge in [-0.05, 0) is 48.7 Å². The molecule has 13 heteroatoms. The van der Waals surface area contributed by atoms with Gasteiger partial charge in [-0.15, -0.1) is 0 Å². The third-order valence-corrected chi connectivity index (χ3v) is 7.02. The van der Waals surface area contributed by atoms with Gasteiger partial charge in [-0.2, -0.15) is 18.4 Å². The van der Waals surface area contributed by atoms with Crippen LogP contribution in [0.25, 0.3) is 0 Å². The first-order chi connectivity index (χ1) is 18.4. The number of nitrogens with zero attached hydrogens (tertiary/aromatic N) is 4. The van der Waals surface area contributed by atoms with Crippen LogP contribution in [0.1, 0.15) is 39.9 Å². The molecule has 2 aromatic carbocycles. The molecule has 0 bridgehead atoms. The van der Waals surface area contributed by atoms with Crippen molar-refractivity contribution in [3.8, 4) is 6.07 Å². The minimum absolute atomic E-state index is 0.0637. The van der Waals surface area contributed by atoms with E-state index in [0.29, 0.717) is 29.3 Å². The van der Waals surface area contributed by atoms with Gasteiger partial charge in [-0.1, -0.05) is 12.1 Å². The molecule has 0 atom stereocenters. The Morgan fingerprint density at radius 3 is 2.44 bits per heavy atom. The van der Waals surface area contributed by atoms with Gasteiger partial charge >= 0.3 is 12.2 Å². The Morgan fingerprint density at radius 2 is 1.79 bits per heavy atom. The van der Waals surface area contributed by atoms with Crippen molar-refractivity contribution in [1.82, 2.24) is 20.0 Å². The van der Waals surface area contributed by atoms with Crippen molar-refractivity contribution >= 4 is 23.8 Å². The van der Waals surface area contributed by atoms with E-state index < -0.39 is 59.0 Å². The van der Waals surface area contributed by atoms with Crippen molar-refractivity contribution in [1.29, 1.82) is 5.26 Å². The van der Waals surface area contributed by atoms with E-state index in [4.69, 9.17) is 5.26 Å². The average Bonchev–Trinajstić information content (AvgIpc) is 3.08. The molecule has 2 aliphatic rings. The van der Waals surface area contributed by atoms with Crippen molar-refractivity contribution < 1.29 is 36.7 Å². The monoisotopic (exact) mass is 545 g/mol. The van der Waals surface area contributed by atoms with Crippen LogP contribution in [0.3, 0.4) is 0 Å². The second kappa shape index (κ2) is 10.4. The number of urea groups is 1. The Labute approximate surface area is 220 Å². The van der Waals surface area contributed by atoms with Gasteiger partial charge in [0.2, 0.25) is 5.91 Å². The van der Waals surface area contributed by atoms with Crippen molar-refractivity contribution in [3.05, 3.63) is 70.5 Å². The smallest absolute Gasteiger partial charge is 0.343 e. The van der Waals surface area contributed by atoms with Gasteiger partial charge in [-0.25, -0.2) is 9.18 Å². The van der Waals surface area contributed by atoms with Crippen molar-refractivity contribution in [3.63, 3.8) is 0 Å². The largest absolute Gasteiger partial charge is 0.416 e. The summed E-state index contributed by atoms with van der Waals surface area (Å²) in [6.45, 7) is -0.390. The Hall–Kier alpha value is -4.47. The van der Waals surface area contributed by atoms with E-state index >= 15 is 0 Å². The number of likely N-dealkylation sites (N-methyl/N-ethyl adjacent to an activating group) is 1. The van der Waals surface area contributed by atoms with Crippen LogP contribution < -0.4 is 5.32 Å². The van der Waals surface area contributed by atoms with Crippen molar-refractivity contribution in [2.75, 3.05) is 26.7 Å². The number of hydrogen-bond donors (Lipinski definition) is 1. The summed E-state index contributed by atoms with van der Waals surface area (Å²) < 4.78 is 52.8. The number of piperidine rings is 1. The highest BCUT2D eigenvalue weighted by Crippen LogP contribution is 2.38. The van der Waals surface area contributed by atoms with Crippen LogP contribution in [-0.4, -0.2) is 70.7 Å². The number of carbonyl (C=O) groups is 4. The molecule has 204 valence electrons. The Bertz CT molecular complexity index is 1380. The fourth-order valence-corrected chi connectivity index (χ4v) is 4.87. The van der Waals surface area contributed by atoms with Gasteiger partial charge in [0.15, 0.2) is 0 Å². The Morgan fingerprint density at radius 1 is 1.10 bits per heavy atom. The summed E-state index contributed by atoms with van der Waals surface area (Å²) in [5.74, 6) is -3.33. The lowest BCUT2D eigenvalue weighted by Crippen LogP contribution is -2.57. The SMILES string of the molecule is CN1C(=O)N(Cc2cccc(C#N)c2)C2(CCN(C(=O)CNC(=O)c3cc(C(F)(F)F)ccc3F)CC2)C1=O. The van der Waals surface area contributed by atoms with Gasteiger partial charge < -0.3 is 15.1 Å². The zero-order valence-corrected chi connectivity index (χ0v) is 20.7. The number of benzene rings is 2. The van der Waals surface area contributed by atoms with Crippen molar-refractivity contribution in [2.24, 2.45) is 0 Å². The van der Waals surface area contributed by atoms with E-state index in [1.165, 1.54) is 16.8 Å². The molecular weight excluding hydrogens is 522 g/mol. The molecule has 0 aromatic heterocycles. The highest BCUT2D eigenvalue weighted by atomic mass is 19.4. The first-order valence-corrected chi connectivity index (χ1v) is 11.9. The van der Waals surface area contributed by atoms with E-state index in [2.05, 4.69) is 5.32 Å². The number of alkyl halides is 3. The average molecular weight is 545 g/mol. The zero-order chi connectivity index (χ0) is 28.5. The molecule has 1 spiro atoms. The van der Waals surface area contributed by atoms with Gasteiger partial charge in [0, 0.05) is 26.7 Å². The zero-order valence-electron chi connectivity index (χ0n) is 20.7. The number of nitrogens with one attached hydrogen (secondary N) is 1. The molecule has 0 unspecified atom stereocenters. The molecule has 0 aliphatic carbocycles. The molecule has 9 nitrogen and oxygen atoms in total. The van der Waals surface area contributed by atoms with E-state index in [-0.39, 0.29) is 32.5 Å². The number of amides is 5. The molecule has 2 saturated heterocycles. The third-order valence-electron chi connectivity index (χ3n) is 7.02. The normalized spacial score (nSPS) is 17.0. The number of halogens is 4. The number of imide groups is 1. The highest BCUT2D eigenvalue weighted by molar-refractivity contribution is 6.07. The van der Waals surface area contributed by atoms with Gasteiger partial charge in [0.1, 0.15) is 11.4 Å². The van der Waals surface area contributed by atoms with Crippen molar-refractivity contribution in [2.45, 2.75) is 31.1 Å². The standard InChI is InChI=1S/C26H23F4N5O4/c1-33-23(38)25(35(24(33)39)15-17-4-2-3-16(11-17)13-31)7-9-34(10-8-25)21(36)14-32-22(37)19-12-18(26(28,29)30)5-6-20(19)27/h2-6,11-12H,7-10,14-15H2,1H3,(H,32,37). The van der Waals surface area contributed by atoms with Crippen LogP contribution in [0.15, 0.2) is 42.5 Å². The lowest BCUT2D eigenvalue weighted by Gasteiger charge is -2.42. The summed E-state index contributed by atoms with van der Waals surface area (Å²) in [6.07, 6.45) is -4.55. The topological polar surface area (TPSA) is 114 Å². The lowest BCUT2D eigenvalue weighted by atomic mass is 9.85.